The third-order valence-electron chi connectivity index (χ3n) is 2.31. The van der Waals surface area contributed by atoms with Crippen LogP contribution in [0.15, 0.2) is 16.7 Å². The molecule has 2 aromatic rings. The first-order valence-corrected chi connectivity index (χ1v) is 5.61. The van der Waals surface area contributed by atoms with Crippen LogP contribution in [0.2, 0.25) is 0 Å². The van der Waals surface area contributed by atoms with Crippen LogP contribution < -0.4 is 5.32 Å². The van der Waals surface area contributed by atoms with Crippen LogP contribution in [0, 0.1) is 26.2 Å². The first kappa shape index (κ1) is 12.3. The van der Waals surface area contributed by atoms with E-state index in [0.29, 0.717) is 24.8 Å². The van der Waals surface area contributed by atoms with Gasteiger partial charge in [0.25, 0.3) is 0 Å². The standard InChI is InChI=1S/C13H14N4O/c1-4-5-14-8-12-16-13(17-18-12)11-6-9(2)15-10(3)7-11/h1,6-7,14H,5,8H2,2-3H3. The van der Waals surface area contributed by atoms with E-state index in [1.165, 1.54) is 0 Å². The summed E-state index contributed by atoms with van der Waals surface area (Å²) in [5, 5.41) is 6.94. The minimum Gasteiger partial charge on any atom is -0.338 e. The van der Waals surface area contributed by atoms with E-state index in [0.717, 1.165) is 17.0 Å². The Bertz CT molecular complexity index is 563. The summed E-state index contributed by atoms with van der Waals surface area (Å²) in [6.45, 7) is 4.82. The second kappa shape index (κ2) is 5.43. The van der Waals surface area contributed by atoms with Crippen LogP contribution in [0.3, 0.4) is 0 Å². The molecule has 5 nitrogen and oxygen atoms in total. The number of nitrogens with one attached hydrogen (secondary N) is 1. The zero-order valence-electron chi connectivity index (χ0n) is 10.4. The van der Waals surface area contributed by atoms with Gasteiger partial charge in [-0.15, -0.1) is 6.42 Å². The molecule has 2 aromatic heterocycles. The number of rotatable bonds is 4. The van der Waals surface area contributed by atoms with Gasteiger partial charge < -0.3 is 4.52 Å². The Morgan fingerprint density at radius 3 is 2.67 bits per heavy atom. The Labute approximate surface area is 106 Å². The Morgan fingerprint density at radius 1 is 1.28 bits per heavy atom. The molecule has 0 atom stereocenters. The highest BCUT2D eigenvalue weighted by atomic mass is 16.5. The summed E-state index contributed by atoms with van der Waals surface area (Å²) in [7, 11) is 0. The lowest BCUT2D eigenvalue weighted by molar-refractivity contribution is 0.370. The number of pyridine rings is 1. The van der Waals surface area contributed by atoms with Crippen molar-refractivity contribution in [1.82, 2.24) is 20.4 Å². The van der Waals surface area contributed by atoms with Crippen molar-refractivity contribution in [2.24, 2.45) is 0 Å². The van der Waals surface area contributed by atoms with Gasteiger partial charge in [-0.05, 0) is 26.0 Å². The maximum absolute atomic E-state index is 5.14. The van der Waals surface area contributed by atoms with Crippen molar-refractivity contribution < 1.29 is 4.52 Å². The first-order chi connectivity index (χ1) is 8.69. The van der Waals surface area contributed by atoms with Gasteiger partial charge in [0.1, 0.15) is 0 Å². The molecule has 2 rings (SSSR count). The summed E-state index contributed by atoms with van der Waals surface area (Å²) in [5.74, 6) is 3.57. The van der Waals surface area contributed by atoms with E-state index < -0.39 is 0 Å². The van der Waals surface area contributed by atoms with Crippen LogP contribution in [-0.2, 0) is 6.54 Å². The molecule has 0 aliphatic carbocycles. The van der Waals surface area contributed by atoms with E-state index in [-0.39, 0.29) is 0 Å². The molecule has 0 bridgehead atoms. The number of aryl methyl sites for hydroxylation is 2. The van der Waals surface area contributed by atoms with Crippen molar-refractivity contribution in [3.8, 4) is 23.7 Å². The third-order valence-corrected chi connectivity index (χ3v) is 2.31. The highest BCUT2D eigenvalue weighted by Crippen LogP contribution is 2.17. The largest absolute Gasteiger partial charge is 0.338 e. The van der Waals surface area contributed by atoms with Gasteiger partial charge in [0.2, 0.25) is 11.7 Å². The number of hydrogen-bond donors (Lipinski definition) is 1. The topological polar surface area (TPSA) is 63.8 Å². The summed E-state index contributed by atoms with van der Waals surface area (Å²) in [4.78, 5) is 8.60. The summed E-state index contributed by atoms with van der Waals surface area (Å²) in [6.07, 6.45) is 5.14. The average molecular weight is 242 g/mol. The Hall–Kier alpha value is -2.19. The third kappa shape index (κ3) is 2.93. The normalized spacial score (nSPS) is 10.3. The molecule has 0 aromatic carbocycles. The van der Waals surface area contributed by atoms with Crippen LogP contribution in [0.25, 0.3) is 11.4 Å². The fourth-order valence-corrected chi connectivity index (χ4v) is 1.65. The zero-order valence-corrected chi connectivity index (χ0v) is 10.4. The van der Waals surface area contributed by atoms with Gasteiger partial charge >= 0.3 is 0 Å². The van der Waals surface area contributed by atoms with E-state index >= 15 is 0 Å². The second-order valence-corrected chi connectivity index (χ2v) is 3.96. The summed E-state index contributed by atoms with van der Waals surface area (Å²) in [5.41, 5.74) is 2.77. The SMILES string of the molecule is C#CCNCc1nc(-c2cc(C)nc(C)c2)no1. The van der Waals surface area contributed by atoms with Gasteiger partial charge in [0, 0.05) is 17.0 Å². The van der Waals surface area contributed by atoms with E-state index in [9.17, 15) is 0 Å². The minimum absolute atomic E-state index is 0.472. The lowest BCUT2D eigenvalue weighted by Gasteiger charge is -1.99. The molecule has 2 heterocycles. The van der Waals surface area contributed by atoms with Gasteiger partial charge in [-0.25, -0.2) is 0 Å². The van der Waals surface area contributed by atoms with Gasteiger partial charge in [0.15, 0.2) is 0 Å². The van der Waals surface area contributed by atoms with Gasteiger partial charge in [-0.2, -0.15) is 4.98 Å². The van der Waals surface area contributed by atoms with Crippen LogP contribution in [0.4, 0.5) is 0 Å². The molecule has 92 valence electrons. The van der Waals surface area contributed by atoms with Gasteiger partial charge in [-0.1, -0.05) is 11.1 Å². The minimum atomic E-state index is 0.472. The molecule has 0 aliphatic rings. The molecule has 0 unspecified atom stereocenters. The first-order valence-electron chi connectivity index (χ1n) is 5.61. The number of terminal acetylenes is 1. The molecule has 1 N–H and O–H groups in total. The monoisotopic (exact) mass is 242 g/mol. The second-order valence-electron chi connectivity index (χ2n) is 3.96. The summed E-state index contributed by atoms with van der Waals surface area (Å²) >= 11 is 0. The molecule has 18 heavy (non-hydrogen) atoms. The van der Waals surface area contributed by atoms with E-state index in [1.807, 2.05) is 26.0 Å². The van der Waals surface area contributed by atoms with Crippen molar-refractivity contribution in [3.05, 3.63) is 29.4 Å². The van der Waals surface area contributed by atoms with Crippen LogP contribution in [0.5, 0.6) is 0 Å². The Morgan fingerprint density at radius 2 is 2.00 bits per heavy atom. The highest BCUT2D eigenvalue weighted by molar-refractivity contribution is 5.55. The number of hydrogen-bond acceptors (Lipinski definition) is 5. The van der Waals surface area contributed by atoms with Gasteiger partial charge in [-0.3, -0.25) is 10.3 Å². The maximum atomic E-state index is 5.14. The molecular weight excluding hydrogens is 228 g/mol. The molecule has 0 radical (unpaired) electrons. The molecule has 0 saturated carbocycles. The van der Waals surface area contributed by atoms with Crippen molar-refractivity contribution in [2.45, 2.75) is 20.4 Å². The fraction of sp³-hybridized carbons (Fsp3) is 0.308. The smallest absolute Gasteiger partial charge is 0.240 e. The maximum Gasteiger partial charge on any atom is 0.240 e. The quantitative estimate of drug-likeness (QED) is 0.649. The number of nitrogens with zero attached hydrogens (tertiary/aromatic N) is 3. The van der Waals surface area contributed by atoms with Crippen LogP contribution >= 0.6 is 0 Å². The van der Waals surface area contributed by atoms with Crippen molar-refractivity contribution in [1.29, 1.82) is 0 Å². The van der Waals surface area contributed by atoms with Crippen molar-refractivity contribution in [3.63, 3.8) is 0 Å². The van der Waals surface area contributed by atoms with Crippen molar-refractivity contribution in [2.75, 3.05) is 6.54 Å². The van der Waals surface area contributed by atoms with E-state index in [1.54, 1.807) is 0 Å². The number of aromatic nitrogens is 3. The molecule has 0 aliphatic heterocycles. The predicted octanol–water partition coefficient (Wildman–Crippen LogP) is 1.47. The Kier molecular flexibility index (Phi) is 3.70. The van der Waals surface area contributed by atoms with Crippen LogP contribution in [0.1, 0.15) is 17.3 Å². The van der Waals surface area contributed by atoms with Gasteiger partial charge in [0.05, 0.1) is 13.1 Å². The van der Waals surface area contributed by atoms with E-state index in [4.69, 9.17) is 10.9 Å². The molecule has 0 spiro atoms. The highest BCUT2D eigenvalue weighted by Gasteiger charge is 2.09. The zero-order chi connectivity index (χ0) is 13.0. The molecule has 0 amide bonds. The lowest BCUT2D eigenvalue weighted by Crippen LogP contribution is -2.13. The van der Waals surface area contributed by atoms with Crippen molar-refractivity contribution >= 4 is 0 Å². The molecule has 5 heteroatoms. The fourth-order valence-electron chi connectivity index (χ4n) is 1.65. The van der Waals surface area contributed by atoms with E-state index in [2.05, 4.69) is 26.4 Å². The lowest BCUT2D eigenvalue weighted by atomic mass is 10.2. The predicted molar refractivity (Wildman–Crippen MR) is 67.5 cm³/mol. The average Bonchev–Trinajstić information content (AvgIpc) is 2.77. The van der Waals surface area contributed by atoms with Crippen LogP contribution in [-0.4, -0.2) is 21.7 Å². The summed E-state index contributed by atoms with van der Waals surface area (Å²) in [6, 6.07) is 3.85. The molecular formula is C13H14N4O. The summed E-state index contributed by atoms with van der Waals surface area (Å²) < 4.78 is 5.13. The Balaban J connectivity index is 2.16. The molecule has 0 saturated heterocycles. The molecule has 0 fully saturated rings.